The molecule has 166 valence electrons. The number of ether oxygens (including phenoxy) is 1. The summed E-state index contributed by atoms with van der Waals surface area (Å²) in [5.74, 6) is 0.661. The number of rotatable bonds is 5. The Bertz CT molecular complexity index is 1290. The molecule has 1 aliphatic rings. The van der Waals surface area contributed by atoms with Crippen LogP contribution in [-0.2, 0) is 0 Å². The molecular weight excluding hydrogens is 438 g/mol. The molecular formula is C25H22ClN5O2. The summed E-state index contributed by atoms with van der Waals surface area (Å²) in [5, 5.41) is 8.04. The number of hydrogen-bond donors (Lipinski definition) is 1. The Labute approximate surface area is 196 Å². The first-order valence-electron chi connectivity index (χ1n) is 10.8. The lowest BCUT2D eigenvalue weighted by atomic mass is 10.0. The zero-order valence-corrected chi connectivity index (χ0v) is 18.8. The first-order chi connectivity index (χ1) is 16.1. The smallest absolute Gasteiger partial charge is 0.259 e. The minimum Gasteiger partial charge on any atom is -0.437 e. The van der Waals surface area contributed by atoms with E-state index in [-0.39, 0.29) is 17.8 Å². The molecule has 1 unspecified atom stereocenters. The lowest BCUT2D eigenvalue weighted by Gasteiger charge is -2.25. The Morgan fingerprint density at radius 3 is 2.88 bits per heavy atom. The molecule has 1 aromatic carbocycles. The Morgan fingerprint density at radius 2 is 2.06 bits per heavy atom. The van der Waals surface area contributed by atoms with Gasteiger partial charge in [-0.3, -0.25) is 14.9 Å². The maximum Gasteiger partial charge on any atom is 0.259 e. The van der Waals surface area contributed by atoms with Gasteiger partial charge in [0.15, 0.2) is 0 Å². The van der Waals surface area contributed by atoms with E-state index in [2.05, 4.69) is 20.2 Å². The molecule has 5 rings (SSSR count). The summed E-state index contributed by atoms with van der Waals surface area (Å²) in [4.78, 5) is 24.1. The second-order valence-corrected chi connectivity index (χ2v) is 8.39. The third-order valence-electron chi connectivity index (χ3n) is 5.75. The van der Waals surface area contributed by atoms with Gasteiger partial charge in [-0.25, -0.2) is 4.98 Å². The average Bonchev–Trinajstić information content (AvgIpc) is 3.50. The number of pyridine rings is 2. The van der Waals surface area contributed by atoms with Gasteiger partial charge in [0.25, 0.3) is 5.91 Å². The fourth-order valence-electron chi connectivity index (χ4n) is 4.16. The quantitative estimate of drug-likeness (QED) is 0.420. The van der Waals surface area contributed by atoms with E-state index in [9.17, 15) is 4.79 Å². The van der Waals surface area contributed by atoms with Crippen molar-refractivity contribution in [1.29, 1.82) is 0 Å². The third kappa shape index (κ3) is 4.32. The predicted molar refractivity (Wildman–Crippen MR) is 125 cm³/mol. The number of benzene rings is 1. The molecule has 0 radical (unpaired) electrons. The Balaban J connectivity index is 1.45. The second-order valence-electron chi connectivity index (χ2n) is 7.96. The standard InChI is InChI=1S/C25H22ClN5O2/c1-16-9-10-19(14-28-16)33-24-20(7-3-11-27-24)25(32)31-12-4-8-22(31)23-21(15-29-30-23)17-5-2-6-18(26)13-17/h2-3,5-7,9-11,13-15,22H,4,8,12H2,1H3,(H,29,30). The monoisotopic (exact) mass is 459 g/mol. The molecule has 0 saturated carbocycles. The van der Waals surface area contributed by atoms with Gasteiger partial charge in [-0.2, -0.15) is 5.10 Å². The number of aryl methyl sites for hydroxylation is 1. The summed E-state index contributed by atoms with van der Waals surface area (Å²) in [5.41, 5.74) is 4.10. The Hall–Kier alpha value is -3.71. The second kappa shape index (κ2) is 9.03. The highest BCUT2D eigenvalue weighted by atomic mass is 35.5. The number of carbonyl (C=O) groups excluding carboxylic acids is 1. The molecule has 1 aliphatic heterocycles. The number of nitrogens with zero attached hydrogens (tertiary/aromatic N) is 4. The van der Waals surface area contributed by atoms with Gasteiger partial charge in [0.05, 0.1) is 24.1 Å². The van der Waals surface area contributed by atoms with Crippen LogP contribution < -0.4 is 4.74 Å². The van der Waals surface area contributed by atoms with Crippen LogP contribution in [0.3, 0.4) is 0 Å². The van der Waals surface area contributed by atoms with Crippen LogP contribution in [0.2, 0.25) is 5.02 Å². The van der Waals surface area contributed by atoms with Crippen LogP contribution in [0.25, 0.3) is 11.1 Å². The van der Waals surface area contributed by atoms with Crippen LogP contribution in [0.5, 0.6) is 11.6 Å². The number of H-pyrrole nitrogens is 1. The molecule has 1 amide bonds. The molecule has 0 spiro atoms. The number of aromatic nitrogens is 4. The van der Waals surface area contributed by atoms with E-state index in [4.69, 9.17) is 16.3 Å². The normalized spacial score (nSPS) is 15.6. The van der Waals surface area contributed by atoms with E-state index >= 15 is 0 Å². The van der Waals surface area contributed by atoms with Crippen molar-refractivity contribution >= 4 is 17.5 Å². The van der Waals surface area contributed by atoms with Crippen molar-refractivity contribution in [2.45, 2.75) is 25.8 Å². The molecule has 7 nitrogen and oxygen atoms in total. The maximum absolute atomic E-state index is 13.7. The van der Waals surface area contributed by atoms with Gasteiger partial charge in [-0.1, -0.05) is 23.7 Å². The molecule has 0 bridgehead atoms. The maximum atomic E-state index is 13.7. The van der Waals surface area contributed by atoms with Crippen LogP contribution >= 0.6 is 11.6 Å². The van der Waals surface area contributed by atoms with E-state index in [0.717, 1.165) is 35.4 Å². The minimum absolute atomic E-state index is 0.132. The van der Waals surface area contributed by atoms with Crippen molar-refractivity contribution in [1.82, 2.24) is 25.1 Å². The fraction of sp³-hybridized carbons (Fsp3) is 0.200. The summed E-state index contributed by atoms with van der Waals surface area (Å²) < 4.78 is 5.92. The van der Waals surface area contributed by atoms with Gasteiger partial charge in [0, 0.05) is 29.0 Å². The Morgan fingerprint density at radius 1 is 1.15 bits per heavy atom. The number of carbonyl (C=O) groups is 1. The molecule has 8 heteroatoms. The zero-order chi connectivity index (χ0) is 22.8. The molecule has 3 aromatic heterocycles. The number of amides is 1. The van der Waals surface area contributed by atoms with E-state index in [1.54, 1.807) is 30.7 Å². The van der Waals surface area contributed by atoms with E-state index < -0.39 is 0 Å². The van der Waals surface area contributed by atoms with Crippen molar-refractivity contribution in [3.63, 3.8) is 0 Å². The summed E-state index contributed by atoms with van der Waals surface area (Å²) in [7, 11) is 0. The van der Waals surface area contributed by atoms with E-state index in [1.807, 2.05) is 48.2 Å². The molecule has 1 fully saturated rings. The summed E-state index contributed by atoms with van der Waals surface area (Å²) in [6.45, 7) is 2.54. The number of nitrogens with one attached hydrogen (secondary N) is 1. The minimum atomic E-state index is -0.136. The molecule has 1 N–H and O–H groups in total. The highest BCUT2D eigenvalue weighted by Gasteiger charge is 2.34. The van der Waals surface area contributed by atoms with Crippen molar-refractivity contribution in [3.8, 4) is 22.8 Å². The zero-order valence-electron chi connectivity index (χ0n) is 18.0. The first kappa shape index (κ1) is 21.2. The molecule has 0 aliphatic carbocycles. The average molecular weight is 460 g/mol. The number of aromatic amines is 1. The number of likely N-dealkylation sites (tertiary alicyclic amines) is 1. The lowest BCUT2D eigenvalue weighted by Crippen LogP contribution is -2.31. The van der Waals surface area contributed by atoms with Gasteiger partial charge >= 0.3 is 0 Å². The van der Waals surface area contributed by atoms with Crippen LogP contribution in [0.15, 0.2) is 67.1 Å². The molecule has 1 atom stereocenters. The van der Waals surface area contributed by atoms with E-state index in [1.165, 1.54) is 0 Å². The SMILES string of the molecule is Cc1ccc(Oc2ncccc2C(=O)N2CCCC2c2[nH]ncc2-c2cccc(Cl)c2)cn1. The molecule has 33 heavy (non-hydrogen) atoms. The van der Waals surface area contributed by atoms with Gasteiger partial charge in [-0.05, 0) is 61.7 Å². The molecule has 4 aromatic rings. The number of hydrogen-bond acceptors (Lipinski definition) is 5. The predicted octanol–water partition coefficient (Wildman–Crippen LogP) is 5.60. The van der Waals surface area contributed by atoms with Crippen molar-refractivity contribution in [2.24, 2.45) is 0 Å². The van der Waals surface area contributed by atoms with Crippen LogP contribution in [0, 0.1) is 6.92 Å². The molecule has 1 saturated heterocycles. The highest BCUT2D eigenvalue weighted by Crippen LogP contribution is 2.38. The largest absolute Gasteiger partial charge is 0.437 e. The summed E-state index contributed by atoms with van der Waals surface area (Å²) in [6, 6.07) is 14.7. The van der Waals surface area contributed by atoms with Crippen LogP contribution in [-0.4, -0.2) is 37.5 Å². The Kier molecular flexibility index (Phi) is 5.79. The van der Waals surface area contributed by atoms with Gasteiger partial charge < -0.3 is 9.64 Å². The molecule has 4 heterocycles. The van der Waals surface area contributed by atoms with Crippen LogP contribution in [0.4, 0.5) is 0 Å². The summed E-state index contributed by atoms with van der Waals surface area (Å²) in [6.07, 6.45) is 6.74. The van der Waals surface area contributed by atoms with Crippen molar-refractivity contribution < 1.29 is 9.53 Å². The summed E-state index contributed by atoms with van der Waals surface area (Å²) >= 11 is 6.21. The topological polar surface area (TPSA) is 84.0 Å². The lowest BCUT2D eigenvalue weighted by molar-refractivity contribution is 0.0730. The number of halogens is 1. The van der Waals surface area contributed by atoms with Gasteiger partial charge in [0.1, 0.15) is 11.3 Å². The van der Waals surface area contributed by atoms with Crippen molar-refractivity contribution in [2.75, 3.05) is 6.54 Å². The van der Waals surface area contributed by atoms with Crippen LogP contribution in [0.1, 0.15) is 40.6 Å². The fourth-order valence-corrected chi connectivity index (χ4v) is 4.35. The van der Waals surface area contributed by atoms with E-state index in [0.29, 0.717) is 22.9 Å². The first-order valence-corrected chi connectivity index (χ1v) is 11.1. The van der Waals surface area contributed by atoms with Gasteiger partial charge in [0.2, 0.25) is 5.88 Å². The third-order valence-corrected chi connectivity index (χ3v) is 5.99. The van der Waals surface area contributed by atoms with Gasteiger partial charge in [-0.15, -0.1) is 0 Å². The highest BCUT2D eigenvalue weighted by molar-refractivity contribution is 6.30. The van der Waals surface area contributed by atoms with Crippen molar-refractivity contribution in [3.05, 3.63) is 89.1 Å².